The van der Waals surface area contributed by atoms with E-state index in [1.807, 2.05) is 4.90 Å². The van der Waals surface area contributed by atoms with Gasteiger partial charge in [0.25, 0.3) is 0 Å². The van der Waals surface area contributed by atoms with E-state index in [1.54, 1.807) is 18.4 Å². The summed E-state index contributed by atoms with van der Waals surface area (Å²) in [7, 11) is 1.58. The molecule has 164 valence electrons. The fraction of sp³-hybridized carbons (Fsp3) is 0.714. The molecule has 2 fully saturated rings. The minimum Gasteiger partial charge on any atom is -0.399 e. The number of likely N-dealkylation sites (tertiary alicyclic amines) is 1. The summed E-state index contributed by atoms with van der Waals surface area (Å²) in [6.07, 6.45) is 5.28. The molecule has 1 saturated heterocycles. The van der Waals surface area contributed by atoms with Gasteiger partial charge in [-0.1, -0.05) is 24.2 Å². The first-order chi connectivity index (χ1) is 14.4. The maximum atomic E-state index is 11.8. The summed E-state index contributed by atoms with van der Waals surface area (Å²) in [5, 5.41) is 11.9. The summed E-state index contributed by atoms with van der Waals surface area (Å²) >= 11 is 7.35. The number of hydrogen-bond donors (Lipinski definition) is 0. The second-order valence-corrected chi connectivity index (χ2v) is 10.4. The van der Waals surface area contributed by atoms with Gasteiger partial charge in [-0.2, -0.15) is 0 Å². The van der Waals surface area contributed by atoms with Gasteiger partial charge in [0.2, 0.25) is 5.91 Å². The first-order valence-electron chi connectivity index (χ1n) is 10.5. The Kier molecular flexibility index (Phi) is 6.08. The van der Waals surface area contributed by atoms with E-state index in [0.29, 0.717) is 12.3 Å². The Bertz CT molecular complexity index is 860. The highest BCUT2D eigenvalue weighted by molar-refractivity contribution is 7.10. The van der Waals surface area contributed by atoms with E-state index in [1.165, 1.54) is 0 Å². The third-order valence-electron chi connectivity index (χ3n) is 6.44. The van der Waals surface area contributed by atoms with Crippen molar-refractivity contribution in [2.24, 2.45) is 15.7 Å². The van der Waals surface area contributed by atoms with Crippen molar-refractivity contribution in [2.45, 2.75) is 63.9 Å². The van der Waals surface area contributed by atoms with Gasteiger partial charge in [-0.05, 0) is 31.1 Å². The zero-order chi connectivity index (χ0) is 21.4. The highest BCUT2D eigenvalue weighted by atomic mass is 35.5. The molecule has 0 radical (unpaired) electrons. The SMILES string of the molecule is CO/N=C1\CCC(C)(C)CC12CC(c1csc(C3CCN(C(=O)CCl)CC3)n1)=NO2. The third-order valence-corrected chi connectivity index (χ3v) is 7.68. The monoisotopic (exact) mass is 452 g/mol. The van der Waals surface area contributed by atoms with Gasteiger partial charge in [0.05, 0.1) is 10.7 Å². The molecule has 1 saturated carbocycles. The van der Waals surface area contributed by atoms with Gasteiger partial charge in [-0.15, -0.1) is 22.9 Å². The van der Waals surface area contributed by atoms with Crippen LogP contribution < -0.4 is 0 Å². The number of piperidine rings is 1. The lowest BCUT2D eigenvalue weighted by Gasteiger charge is -2.40. The van der Waals surface area contributed by atoms with E-state index in [2.05, 4.69) is 29.5 Å². The number of oxime groups is 2. The van der Waals surface area contributed by atoms with Crippen LogP contribution in [0.15, 0.2) is 15.7 Å². The first-order valence-corrected chi connectivity index (χ1v) is 11.9. The van der Waals surface area contributed by atoms with Crippen LogP contribution in [0.3, 0.4) is 0 Å². The van der Waals surface area contributed by atoms with E-state index < -0.39 is 5.60 Å². The Hall–Kier alpha value is -1.67. The minimum atomic E-state index is -0.524. The van der Waals surface area contributed by atoms with Gasteiger partial charge >= 0.3 is 0 Å². The molecular formula is C21H29ClN4O3S. The van der Waals surface area contributed by atoms with Crippen molar-refractivity contribution in [3.05, 3.63) is 16.1 Å². The zero-order valence-corrected chi connectivity index (χ0v) is 19.4. The van der Waals surface area contributed by atoms with Crippen LogP contribution in [0.2, 0.25) is 0 Å². The highest BCUT2D eigenvalue weighted by Gasteiger charge is 2.51. The number of thiazole rings is 1. The standard InChI is InChI=1S/C21H29ClN4O3S/c1-20(2)7-4-17(25-28-3)21(13-20)10-15(24-29-21)16-12-30-19(23-16)14-5-8-26(9-6-14)18(27)11-22/h12,14H,4-11,13H2,1-3H3/b25-17+. The molecule has 0 aromatic carbocycles. The number of amides is 1. The zero-order valence-electron chi connectivity index (χ0n) is 17.8. The summed E-state index contributed by atoms with van der Waals surface area (Å²) < 4.78 is 0. The minimum absolute atomic E-state index is 0.0154. The fourth-order valence-electron chi connectivity index (χ4n) is 4.82. The Morgan fingerprint density at radius 2 is 2.20 bits per heavy atom. The molecule has 1 atom stereocenters. The molecule has 1 aliphatic carbocycles. The van der Waals surface area contributed by atoms with E-state index in [4.69, 9.17) is 26.3 Å². The number of carbonyl (C=O) groups excluding carboxylic acids is 1. The average Bonchev–Trinajstić information content (AvgIpc) is 3.37. The van der Waals surface area contributed by atoms with Gasteiger partial charge in [-0.3, -0.25) is 4.79 Å². The van der Waals surface area contributed by atoms with Crippen LogP contribution >= 0.6 is 22.9 Å². The topological polar surface area (TPSA) is 76.4 Å². The van der Waals surface area contributed by atoms with Crippen LogP contribution in [0.25, 0.3) is 0 Å². The van der Waals surface area contributed by atoms with Gasteiger partial charge in [0, 0.05) is 37.2 Å². The molecule has 1 aromatic rings. The van der Waals surface area contributed by atoms with E-state index in [9.17, 15) is 4.79 Å². The normalized spacial score (nSPS) is 27.9. The second kappa shape index (κ2) is 8.46. The molecular weight excluding hydrogens is 424 g/mol. The third kappa shape index (κ3) is 4.21. The van der Waals surface area contributed by atoms with Gasteiger partial charge < -0.3 is 14.6 Å². The summed E-state index contributed by atoms with van der Waals surface area (Å²) in [6.45, 7) is 6.01. The second-order valence-electron chi connectivity index (χ2n) is 9.22. The van der Waals surface area contributed by atoms with Gasteiger partial charge in [0.1, 0.15) is 24.4 Å². The molecule has 1 unspecified atom stereocenters. The Balaban J connectivity index is 1.45. The lowest BCUT2D eigenvalue weighted by Crippen LogP contribution is -2.47. The molecule has 1 aromatic heterocycles. The number of nitrogens with zero attached hydrogens (tertiary/aromatic N) is 4. The maximum absolute atomic E-state index is 11.8. The molecule has 3 heterocycles. The van der Waals surface area contributed by atoms with Crippen LogP contribution in [-0.2, 0) is 14.5 Å². The van der Waals surface area contributed by atoms with Crippen molar-refractivity contribution in [2.75, 3.05) is 26.1 Å². The summed E-state index contributed by atoms with van der Waals surface area (Å²) in [6, 6.07) is 0. The number of aromatic nitrogens is 1. The molecule has 9 heteroatoms. The van der Waals surface area contributed by atoms with Crippen LogP contribution in [0, 0.1) is 5.41 Å². The lowest BCUT2D eigenvalue weighted by atomic mass is 9.67. The van der Waals surface area contributed by atoms with Crippen LogP contribution in [0.1, 0.15) is 69.0 Å². The number of carbonyl (C=O) groups is 1. The van der Waals surface area contributed by atoms with Crippen molar-refractivity contribution < 1.29 is 14.5 Å². The van der Waals surface area contributed by atoms with Crippen LogP contribution in [0.5, 0.6) is 0 Å². The van der Waals surface area contributed by atoms with Gasteiger partial charge in [0.15, 0.2) is 5.60 Å². The van der Waals surface area contributed by atoms with Gasteiger partial charge in [-0.25, -0.2) is 4.98 Å². The quantitative estimate of drug-likeness (QED) is 0.507. The van der Waals surface area contributed by atoms with Crippen molar-refractivity contribution in [3.8, 4) is 0 Å². The smallest absolute Gasteiger partial charge is 0.237 e. The molecule has 30 heavy (non-hydrogen) atoms. The molecule has 1 amide bonds. The van der Waals surface area contributed by atoms with Crippen molar-refractivity contribution in [1.82, 2.24) is 9.88 Å². The van der Waals surface area contributed by atoms with E-state index in [0.717, 1.165) is 67.3 Å². The molecule has 3 aliphatic rings. The predicted molar refractivity (Wildman–Crippen MR) is 118 cm³/mol. The number of halogens is 1. The maximum Gasteiger partial charge on any atom is 0.237 e. The summed E-state index contributed by atoms with van der Waals surface area (Å²) in [4.78, 5) is 29.7. The van der Waals surface area contributed by atoms with Crippen LogP contribution in [0.4, 0.5) is 0 Å². The molecule has 7 nitrogen and oxygen atoms in total. The molecule has 0 N–H and O–H groups in total. The average molecular weight is 453 g/mol. The summed E-state index contributed by atoms with van der Waals surface area (Å²) in [5.74, 6) is 0.444. The first kappa shape index (κ1) is 21.6. The fourth-order valence-corrected chi connectivity index (χ4v) is 5.99. The molecule has 0 bridgehead atoms. The predicted octanol–water partition coefficient (Wildman–Crippen LogP) is 4.16. The van der Waals surface area contributed by atoms with Crippen molar-refractivity contribution in [3.63, 3.8) is 0 Å². The largest absolute Gasteiger partial charge is 0.399 e. The number of hydrogen-bond acceptors (Lipinski definition) is 7. The summed E-state index contributed by atoms with van der Waals surface area (Å²) in [5.41, 5.74) is 2.36. The Morgan fingerprint density at radius 3 is 2.90 bits per heavy atom. The molecule has 1 spiro atoms. The Morgan fingerprint density at radius 1 is 1.43 bits per heavy atom. The van der Waals surface area contributed by atoms with E-state index in [-0.39, 0.29) is 17.2 Å². The molecule has 4 rings (SSSR count). The Labute approximate surface area is 186 Å². The van der Waals surface area contributed by atoms with E-state index >= 15 is 0 Å². The lowest BCUT2D eigenvalue weighted by molar-refractivity contribution is -0.129. The van der Waals surface area contributed by atoms with Crippen LogP contribution in [-0.4, -0.2) is 58.9 Å². The number of rotatable bonds is 4. The highest BCUT2D eigenvalue weighted by Crippen LogP contribution is 2.46. The van der Waals surface area contributed by atoms with Crippen molar-refractivity contribution in [1.29, 1.82) is 0 Å². The number of alkyl halides is 1. The van der Waals surface area contributed by atoms with Crippen molar-refractivity contribution >= 4 is 40.3 Å². The molecule has 2 aliphatic heterocycles.